The smallest absolute Gasteiger partial charge is 0.126 e. The van der Waals surface area contributed by atoms with Gasteiger partial charge in [0.25, 0.3) is 0 Å². The van der Waals surface area contributed by atoms with Gasteiger partial charge in [-0.1, -0.05) is 12.1 Å². The summed E-state index contributed by atoms with van der Waals surface area (Å²) in [5.74, 6) is 2.26. The Hall–Kier alpha value is -2.06. The first-order valence-corrected chi connectivity index (χ1v) is 7.13. The molecule has 0 aliphatic rings. The van der Waals surface area contributed by atoms with Crippen LogP contribution in [0, 0.1) is 25.2 Å². The van der Waals surface area contributed by atoms with E-state index in [0.29, 0.717) is 11.4 Å². The van der Waals surface area contributed by atoms with Crippen molar-refractivity contribution in [2.75, 3.05) is 7.11 Å². The molecule has 0 unspecified atom stereocenters. The van der Waals surface area contributed by atoms with E-state index in [1.807, 2.05) is 38.1 Å². The van der Waals surface area contributed by atoms with E-state index >= 15 is 0 Å². The fourth-order valence-electron chi connectivity index (χ4n) is 1.83. The lowest BCUT2D eigenvalue weighted by Crippen LogP contribution is -1.99. The summed E-state index contributed by atoms with van der Waals surface area (Å²) < 4.78 is 5.20. The van der Waals surface area contributed by atoms with Crippen LogP contribution in [0.2, 0.25) is 0 Å². The van der Waals surface area contributed by atoms with Crippen molar-refractivity contribution in [3.63, 3.8) is 0 Å². The maximum atomic E-state index is 9.21. The number of aromatic nitrogens is 2. The van der Waals surface area contributed by atoms with Gasteiger partial charge >= 0.3 is 0 Å². The molecule has 1 aromatic heterocycles. The van der Waals surface area contributed by atoms with Gasteiger partial charge in [-0.2, -0.15) is 5.26 Å². The van der Waals surface area contributed by atoms with E-state index in [4.69, 9.17) is 4.74 Å². The van der Waals surface area contributed by atoms with Crippen LogP contribution in [0.4, 0.5) is 0 Å². The number of methoxy groups -OCH3 is 1. The number of nitrogens with zero attached hydrogens (tertiary/aromatic N) is 3. The predicted octanol–water partition coefficient (Wildman–Crippen LogP) is 3.27. The van der Waals surface area contributed by atoms with E-state index in [1.165, 1.54) is 0 Å². The quantitative estimate of drug-likeness (QED) is 0.637. The summed E-state index contributed by atoms with van der Waals surface area (Å²) in [5, 5.41) is 9.94. The minimum Gasteiger partial charge on any atom is -0.497 e. The van der Waals surface area contributed by atoms with Crippen molar-refractivity contribution in [1.82, 2.24) is 9.97 Å². The summed E-state index contributed by atoms with van der Waals surface area (Å²) in [6.07, 6.45) is 0. The molecule has 0 N–H and O–H groups in total. The van der Waals surface area contributed by atoms with E-state index in [0.717, 1.165) is 27.8 Å². The van der Waals surface area contributed by atoms with Gasteiger partial charge in [0, 0.05) is 5.75 Å². The fourth-order valence-corrected chi connectivity index (χ4v) is 2.85. The van der Waals surface area contributed by atoms with Gasteiger partial charge in [0.15, 0.2) is 0 Å². The first kappa shape index (κ1) is 14.4. The number of benzene rings is 1. The summed E-state index contributed by atoms with van der Waals surface area (Å²) in [6, 6.07) is 10.1. The number of hydrogen-bond donors (Lipinski definition) is 0. The molecule has 1 heterocycles. The van der Waals surface area contributed by atoms with Gasteiger partial charge in [-0.15, -0.1) is 11.8 Å². The Morgan fingerprint density at radius 2 is 2.10 bits per heavy atom. The van der Waals surface area contributed by atoms with Crippen LogP contribution in [0.1, 0.15) is 22.6 Å². The van der Waals surface area contributed by atoms with Gasteiger partial charge in [-0.25, -0.2) is 9.97 Å². The second-order valence-corrected chi connectivity index (χ2v) is 5.25. The summed E-state index contributed by atoms with van der Waals surface area (Å²) >= 11 is 1.54. The third-order valence-electron chi connectivity index (χ3n) is 2.79. The Bertz CT molecular complexity index is 665. The van der Waals surface area contributed by atoms with Gasteiger partial charge in [0.1, 0.15) is 28.2 Å². The molecule has 0 saturated carbocycles. The second kappa shape index (κ2) is 6.40. The van der Waals surface area contributed by atoms with Crippen molar-refractivity contribution >= 4 is 11.8 Å². The summed E-state index contributed by atoms with van der Waals surface area (Å²) in [4.78, 5) is 8.58. The molecular formula is C15H15N3OS. The third kappa shape index (κ3) is 3.28. The van der Waals surface area contributed by atoms with Gasteiger partial charge in [-0.3, -0.25) is 0 Å². The molecule has 2 aromatic rings. The molecule has 0 radical (unpaired) electrons. The maximum Gasteiger partial charge on any atom is 0.126 e. The Kier molecular flexibility index (Phi) is 4.59. The molecule has 102 valence electrons. The largest absolute Gasteiger partial charge is 0.497 e. The van der Waals surface area contributed by atoms with Crippen molar-refractivity contribution in [3.8, 4) is 11.8 Å². The van der Waals surface area contributed by atoms with E-state index in [-0.39, 0.29) is 0 Å². The van der Waals surface area contributed by atoms with Crippen LogP contribution < -0.4 is 4.74 Å². The van der Waals surface area contributed by atoms with Crippen molar-refractivity contribution in [3.05, 3.63) is 46.9 Å². The average Bonchev–Trinajstić information content (AvgIpc) is 2.45. The molecule has 0 atom stereocenters. The highest BCUT2D eigenvalue weighted by Gasteiger charge is 2.10. The molecule has 4 nitrogen and oxygen atoms in total. The van der Waals surface area contributed by atoms with Crippen molar-refractivity contribution in [2.45, 2.75) is 24.6 Å². The zero-order valence-electron chi connectivity index (χ0n) is 11.7. The molecular weight excluding hydrogens is 270 g/mol. The lowest BCUT2D eigenvalue weighted by atomic mass is 10.2. The number of ether oxygens (including phenoxy) is 1. The first-order chi connectivity index (χ1) is 9.63. The van der Waals surface area contributed by atoms with Gasteiger partial charge in [-0.05, 0) is 31.5 Å². The van der Waals surface area contributed by atoms with Gasteiger partial charge in [0.2, 0.25) is 0 Å². The van der Waals surface area contributed by atoms with Crippen LogP contribution in [-0.4, -0.2) is 17.1 Å². The first-order valence-electron chi connectivity index (χ1n) is 6.15. The molecule has 0 fully saturated rings. The number of aryl methyl sites for hydroxylation is 2. The minimum atomic E-state index is 0.559. The molecule has 0 aliphatic carbocycles. The normalized spacial score (nSPS) is 10.1. The van der Waals surface area contributed by atoms with Crippen LogP contribution in [0.15, 0.2) is 29.3 Å². The molecule has 0 bridgehead atoms. The van der Waals surface area contributed by atoms with E-state index in [2.05, 4.69) is 16.0 Å². The molecule has 20 heavy (non-hydrogen) atoms. The van der Waals surface area contributed by atoms with Crippen molar-refractivity contribution in [1.29, 1.82) is 5.26 Å². The van der Waals surface area contributed by atoms with Crippen LogP contribution in [-0.2, 0) is 5.75 Å². The van der Waals surface area contributed by atoms with E-state index in [1.54, 1.807) is 18.9 Å². The lowest BCUT2D eigenvalue weighted by Gasteiger charge is -2.07. The van der Waals surface area contributed by atoms with Crippen LogP contribution in [0.3, 0.4) is 0 Å². The molecule has 1 aromatic carbocycles. The monoisotopic (exact) mass is 285 g/mol. The fraction of sp³-hybridized carbons (Fsp3) is 0.267. The molecule has 0 saturated heterocycles. The van der Waals surface area contributed by atoms with Crippen LogP contribution >= 0.6 is 11.8 Å². The second-order valence-electron chi connectivity index (χ2n) is 4.29. The summed E-state index contributed by atoms with van der Waals surface area (Å²) in [6.45, 7) is 3.67. The zero-order chi connectivity index (χ0) is 14.5. The molecule has 5 heteroatoms. The number of hydrogen-bond acceptors (Lipinski definition) is 5. The van der Waals surface area contributed by atoms with Crippen molar-refractivity contribution < 1.29 is 4.74 Å². The number of nitriles is 1. The standard InChI is InChI=1S/C15H15N3OS/c1-10-14(8-16)15(18-11(2)17-10)20-9-12-5-4-6-13(7-12)19-3/h4-7H,9H2,1-3H3. The third-order valence-corrected chi connectivity index (χ3v) is 3.84. The van der Waals surface area contributed by atoms with E-state index in [9.17, 15) is 5.26 Å². The highest BCUT2D eigenvalue weighted by molar-refractivity contribution is 7.98. The Morgan fingerprint density at radius 1 is 1.30 bits per heavy atom. The highest BCUT2D eigenvalue weighted by atomic mass is 32.2. The summed E-state index contributed by atoms with van der Waals surface area (Å²) in [5.41, 5.74) is 2.42. The Balaban J connectivity index is 2.20. The summed E-state index contributed by atoms with van der Waals surface area (Å²) in [7, 11) is 1.65. The van der Waals surface area contributed by atoms with Gasteiger partial charge in [0.05, 0.1) is 12.8 Å². The zero-order valence-corrected chi connectivity index (χ0v) is 12.5. The SMILES string of the molecule is COc1cccc(CSc2nc(C)nc(C)c2C#N)c1. The predicted molar refractivity (Wildman–Crippen MR) is 78.8 cm³/mol. The Morgan fingerprint density at radius 3 is 2.80 bits per heavy atom. The average molecular weight is 285 g/mol. The van der Waals surface area contributed by atoms with Crippen molar-refractivity contribution in [2.24, 2.45) is 0 Å². The molecule has 0 amide bonds. The Labute approximate surface area is 122 Å². The molecule has 0 spiro atoms. The molecule has 0 aliphatic heterocycles. The highest BCUT2D eigenvalue weighted by Crippen LogP contribution is 2.26. The maximum absolute atomic E-state index is 9.21. The number of rotatable bonds is 4. The number of thioether (sulfide) groups is 1. The minimum absolute atomic E-state index is 0.559. The van der Waals surface area contributed by atoms with Crippen LogP contribution in [0.5, 0.6) is 5.75 Å². The molecule has 2 rings (SSSR count). The van der Waals surface area contributed by atoms with Crippen LogP contribution in [0.25, 0.3) is 0 Å². The topological polar surface area (TPSA) is 58.8 Å². The lowest BCUT2D eigenvalue weighted by molar-refractivity contribution is 0.414. The van der Waals surface area contributed by atoms with Gasteiger partial charge < -0.3 is 4.74 Å². The van der Waals surface area contributed by atoms with E-state index < -0.39 is 0 Å².